The first-order chi connectivity index (χ1) is 8.11. The van der Waals surface area contributed by atoms with Crippen molar-refractivity contribution >= 4 is 11.8 Å². The highest BCUT2D eigenvalue weighted by Crippen LogP contribution is 2.07. The molecule has 0 heterocycles. The summed E-state index contributed by atoms with van der Waals surface area (Å²) in [5.41, 5.74) is 7.33. The van der Waals surface area contributed by atoms with Crippen LogP contribution in [0.1, 0.15) is 24.5 Å². The predicted octanol–water partition coefficient (Wildman–Crippen LogP) is 0.783. The maximum absolute atomic E-state index is 11.3. The van der Waals surface area contributed by atoms with E-state index in [1.807, 2.05) is 12.1 Å². The predicted molar refractivity (Wildman–Crippen MR) is 66.3 cm³/mol. The molecule has 0 aromatic heterocycles. The van der Waals surface area contributed by atoms with Crippen LogP contribution in [0, 0.1) is 0 Å². The summed E-state index contributed by atoms with van der Waals surface area (Å²) in [6.07, 6.45) is 2.06. The van der Waals surface area contributed by atoms with Gasteiger partial charge in [-0.25, -0.2) is 0 Å². The van der Waals surface area contributed by atoms with E-state index in [1.54, 1.807) is 0 Å². The van der Waals surface area contributed by atoms with E-state index in [-0.39, 0.29) is 12.5 Å². The molecule has 0 fully saturated rings. The van der Waals surface area contributed by atoms with E-state index in [0.717, 1.165) is 12.0 Å². The molecule has 1 rings (SSSR count). The molecule has 92 valence electrons. The standard InChI is InChI=1S/C13H18N2O2/c1-2-10-3-5-11(6-4-10)7-8-13(17)15-9-12(14)16/h3-6H,2,7-9H2,1H3,(H2,14,16)(H,15,17). The molecule has 0 spiro atoms. The molecule has 2 amide bonds. The zero-order valence-electron chi connectivity index (χ0n) is 10.0. The summed E-state index contributed by atoms with van der Waals surface area (Å²) in [5, 5.41) is 2.46. The first-order valence-electron chi connectivity index (χ1n) is 5.74. The van der Waals surface area contributed by atoms with Crippen LogP contribution in [0.2, 0.25) is 0 Å². The first-order valence-corrected chi connectivity index (χ1v) is 5.74. The molecule has 0 saturated heterocycles. The molecule has 0 aliphatic rings. The highest BCUT2D eigenvalue weighted by molar-refractivity contribution is 5.83. The zero-order chi connectivity index (χ0) is 12.7. The number of benzene rings is 1. The van der Waals surface area contributed by atoms with Gasteiger partial charge in [0.25, 0.3) is 0 Å². The number of nitrogens with one attached hydrogen (secondary N) is 1. The number of primary amides is 1. The molecular weight excluding hydrogens is 216 g/mol. The topological polar surface area (TPSA) is 72.2 Å². The zero-order valence-corrected chi connectivity index (χ0v) is 10.0. The fourth-order valence-corrected chi connectivity index (χ4v) is 1.47. The molecule has 3 N–H and O–H groups in total. The Labute approximate surface area is 101 Å². The second-order valence-corrected chi connectivity index (χ2v) is 3.91. The average molecular weight is 234 g/mol. The maximum Gasteiger partial charge on any atom is 0.236 e. The van der Waals surface area contributed by atoms with Gasteiger partial charge in [-0.05, 0) is 24.0 Å². The van der Waals surface area contributed by atoms with E-state index in [1.165, 1.54) is 5.56 Å². The summed E-state index contributed by atoms with van der Waals surface area (Å²) in [5.74, 6) is -0.672. The van der Waals surface area contributed by atoms with Crippen LogP contribution >= 0.6 is 0 Å². The molecule has 0 aliphatic heterocycles. The Morgan fingerprint density at radius 3 is 2.29 bits per heavy atom. The Hall–Kier alpha value is -1.84. The fraction of sp³-hybridized carbons (Fsp3) is 0.385. The number of carbonyl (C=O) groups excluding carboxylic acids is 2. The molecule has 0 unspecified atom stereocenters. The third-order valence-corrected chi connectivity index (χ3v) is 2.53. The van der Waals surface area contributed by atoms with Gasteiger partial charge in [-0.15, -0.1) is 0 Å². The third-order valence-electron chi connectivity index (χ3n) is 2.53. The van der Waals surface area contributed by atoms with Gasteiger partial charge in [0.1, 0.15) is 0 Å². The lowest BCUT2D eigenvalue weighted by Crippen LogP contribution is -2.33. The normalized spacial score (nSPS) is 9.94. The minimum atomic E-state index is -0.523. The van der Waals surface area contributed by atoms with Gasteiger partial charge >= 0.3 is 0 Å². The van der Waals surface area contributed by atoms with Crippen molar-refractivity contribution in [2.75, 3.05) is 6.54 Å². The largest absolute Gasteiger partial charge is 0.368 e. The van der Waals surface area contributed by atoms with Crippen LogP contribution in [0.3, 0.4) is 0 Å². The van der Waals surface area contributed by atoms with Crippen molar-refractivity contribution in [3.63, 3.8) is 0 Å². The van der Waals surface area contributed by atoms with Gasteiger partial charge in [-0.1, -0.05) is 31.2 Å². The lowest BCUT2D eigenvalue weighted by molar-refractivity contribution is -0.124. The number of nitrogens with two attached hydrogens (primary N) is 1. The second-order valence-electron chi connectivity index (χ2n) is 3.91. The smallest absolute Gasteiger partial charge is 0.236 e. The van der Waals surface area contributed by atoms with Gasteiger partial charge in [0.2, 0.25) is 11.8 Å². The molecular formula is C13H18N2O2. The molecule has 4 nitrogen and oxygen atoms in total. The molecule has 4 heteroatoms. The second kappa shape index (κ2) is 6.68. The van der Waals surface area contributed by atoms with Crippen LogP contribution in [0.4, 0.5) is 0 Å². The van der Waals surface area contributed by atoms with Crippen LogP contribution in [0.15, 0.2) is 24.3 Å². The van der Waals surface area contributed by atoms with E-state index < -0.39 is 5.91 Å². The Kier molecular flexibility index (Phi) is 5.20. The van der Waals surface area contributed by atoms with Crippen LogP contribution in [-0.2, 0) is 22.4 Å². The highest BCUT2D eigenvalue weighted by Gasteiger charge is 2.03. The Bertz CT molecular complexity index is 385. The van der Waals surface area contributed by atoms with Crippen molar-refractivity contribution in [2.45, 2.75) is 26.2 Å². The van der Waals surface area contributed by atoms with Gasteiger partial charge < -0.3 is 11.1 Å². The molecule has 0 radical (unpaired) electrons. The summed E-state index contributed by atoms with van der Waals surface area (Å²) in [7, 11) is 0. The average Bonchev–Trinajstić information content (AvgIpc) is 2.34. The molecule has 1 aromatic carbocycles. The fourth-order valence-electron chi connectivity index (χ4n) is 1.47. The van der Waals surface area contributed by atoms with E-state index in [0.29, 0.717) is 12.8 Å². The maximum atomic E-state index is 11.3. The molecule has 0 atom stereocenters. The van der Waals surface area contributed by atoms with Crippen molar-refractivity contribution in [1.82, 2.24) is 5.32 Å². The molecule has 1 aromatic rings. The number of carbonyl (C=O) groups is 2. The summed E-state index contributed by atoms with van der Waals surface area (Å²) < 4.78 is 0. The van der Waals surface area contributed by atoms with Crippen molar-refractivity contribution in [3.8, 4) is 0 Å². The molecule has 0 saturated carbocycles. The first kappa shape index (κ1) is 13.2. The SMILES string of the molecule is CCc1ccc(CCC(=O)NCC(N)=O)cc1. The third kappa shape index (κ3) is 5.15. The van der Waals surface area contributed by atoms with Gasteiger partial charge in [0, 0.05) is 6.42 Å². The van der Waals surface area contributed by atoms with Crippen molar-refractivity contribution in [2.24, 2.45) is 5.73 Å². The number of amides is 2. The molecule has 17 heavy (non-hydrogen) atoms. The van der Waals surface area contributed by atoms with Gasteiger partial charge in [0.05, 0.1) is 6.54 Å². The van der Waals surface area contributed by atoms with Crippen LogP contribution in [0.25, 0.3) is 0 Å². The number of hydrogen-bond donors (Lipinski definition) is 2. The quantitative estimate of drug-likeness (QED) is 0.763. The van der Waals surface area contributed by atoms with Gasteiger partial charge in [-0.3, -0.25) is 9.59 Å². The molecule has 0 aliphatic carbocycles. The Morgan fingerprint density at radius 2 is 1.76 bits per heavy atom. The summed E-state index contributed by atoms with van der Waals surface area (Å²) >= 11 is 0. The van der Waals surface area contributed by atoms with Crippen molar-refractivity contribution in [1.29, 1.82) is 0 Å². The van der Waals surface area contributed by atoms with Crippen LogP contribution in [0.5, 0.6) is 0 Å². The summed E-state index contributed by atoms with van der Waals surface area (Å²) in [4.78, 5) is 21.8. The summed E-state index contributed by atoms with van der Waals surface area (Å²) in [6.45, 7) is 2.01. The Morgan fingerprint density at radius 1 is 1.18 bits per heavy atom. The minimum Gasteiger partial charge on any atom is -0.368 e. The Balaban J connectivity index is 2.34. The molecule has 0 bridgehead atoms. The van der Waals surface area contributed by atoms with Gasteiger partial charge in [0.15, 0.2) is 0 Å². The van der Waals surface area contributed by atoms with E-state index in [2.05, 4.69) is 24.4 Å². The number of hydrogen-bond acceptors (Lipinski definition) is 2. The van der Waals surface area contributed by atoms with Gasteiger partial charge in [-0.2, -0.15) is 0 Å². The number of aryl methyl sites for hydroxylation is 2. The summed E-state index contributed by atoms with van der Waals surface area (Å²) in [6, 6.07) is 8.19. The lowest BCUT2D eigenvalue weighted by Gasteiger charge is -2.04. The van der Waals surface area contributed by atoms with Crippen LogP contribution < -0.4 is 11.1 Å². The lowest BCUT2D eigenvalue weighted by atomic mass is 10.1. The minimum absolute atomic E-state index is 0.0897. The van der Waals surface area contributed by atoms with E-state index >= 15 is 0 Å². The highest BCUT2D eigenvalue weighted by atomic mass is 16.2. The number of rotatable bonds is 6. The van der Waals surface area contributed by atoms with Crippen molar-refractivity contribution < 1.29 is 9.59 Å². The van der Waals surface area contributed by atoms with Crippen molar-refractivity contribution in [3.05, 3.63) is 35.4 Å². The van der Waals surface area contributed by atoms with E-state index in [4.69, 9.17) is 5.73 Å². The van der Waals surface area contributed by atoms with E-state index in [9.17, 15) is 9.59 Å². The van der Waals surface area contributed by atoms with Crippen LogP contribution in [-0.4, -0.2) is 18.4 Å². The monoisotopic (exact) mass is 234 g/mol.